The van der Waals surface area contributed by atoms with Crippen molar-refractivity contribution in [3.63, 3.8) is 0 Å². The molecule has 0 saturated carbocycles. The van der Waals surface area contributed by atoms with Gasteiger partial charge in [-0.2, -0.15) is 0 Å². The van der Waals surface area contributed by atoms with Crippen molar-refractivity contribution in [1.82, 2.24) is 9.88 Å². The van der Waals surface area contributed by atoms with Crippen molar-refractivity contribution in [2.75, 3.05) is 17.6 Å². The van der Waals surface area contributed by atoms with Gasteiger partial charge in [-0.05, 0) is 42.4 Å². The molecule has 1 fully saturated rings. The molecule has 2 heterocycles. The summed E-state index contributed by atoms with van der Waals surface area (Å²) in [7, 11) is 0. The zero-order chi connectivity index (χ0) is 19.6. The Hall–Kier alpha value is -2.89. The van der Waals surface area contributed by atoms with Gasteiger partial charge in [-0.3, -0.25) is 9.59 Å². The summed E-state index contributed by atoms with van der Waals surface area (Å²) >= 11 is 0. The molecule has 0 unspecified atom stereocenters. The smallest absolute Gasteiger partial charge is 0.313 e. The minimum atomic E-state index is -0.649. The van der Waals surface area contributed by atoms with Gasteiger partial charge in [0.25, 0.3) is 0 Å². The minimum absolute atomic E-state index is 0. The summed E-state index contributed by atoms with van der Waals surface area (Å²) < 4.78 is 0. The molecule has 1 aliphatic rings. The normalized spacial score (nSPS) is 22.3. The zero-order valence-corrected chi connectivity index (χ0v) is 16.0. The summed E-state index contributed by atoms with van der Waals surface area (Å²) in [5.41, 5.74) is 7.99. The molecule has 1 saturated heterocycles. The summed E-state index contributed by atoms with van der Waals surface area (Å²) in [6.07, 6.45) is 2.30. The van der Waals surface area contributed by atoms with E-state index in [0.29, 0.717) is 29.9 Å². The third-order valence-electron chi connectivity index (χ3n) is 5.44. The molecule has 2 aromatic rings. The number of likely N-dealkylation sites (tertiary alicyclic amines) is 1. The standard InChI is InChI=1S/C21H26N4O2.H2/c1-13-10-18(16-7-5-4-6-8-16)25(12-15(13)3)21(27)20(26)24-17-9-14(2)19(22)23-11-17;/h4-9,11,13,15,18H,10,12H2,1-3H3,(H2,22,23)(H,24,26);1H/t13-,15+,18-;/m1./s1. The highest BCUT2D eigenvalue weighted by Gasteiger charge is 2.37. The van der Waals surface area contributed by atoms with Crippen LogP contribution in [0.5, 0.6) is 0 Å². The fraction of sp³-hybridized carbons (Fsp3) is 0.381. The number of hydrogen-bond acceptors (Lipinski definition) is 4. The molecule has 1 aliphatic heterocycles. The first-order valence-corrected chi connectivity index (χ1v) is 9.25. The van der Waals surface area contributed by atoms with E-state index in [1.807, 2.05) is 30.3 Å². The fourth-order valence-corrected chi connectivity index (χ4v) is 3.51. The SMILES string of the molecule is Cc1cc(NC(=O)C(=O)N2C[C@H](C)[C@H](C)C[C@@H]2c2ccccc2)cnc1N.[HH]. The van der Waals surface area contributed by atoms with Gasteiger partial charge in [0.2, 0.25) is 0 Å². The average Bonchev–Trinajstić information content (AvgIpc) is 2.66. The van der Waals surface area contributed by atoms with E-state index in [1.54, 1.807) is 17.9 Å². The predicted molar refractivity (Wildman–Crippen MR) is 108 cm³/mol. The fourth-order valence-electron chi connectivity index (χ4n) is 3.51. The molecule has 1 aromatic carbocycles. The van der Waals surface area contributed by atoms with E-state index in [4.69, 9.17) is 5.73 Å². The largest absolute Gasteiger partial charge is 0.383 e. The van der Waals surface area contributed by atoms with E-state index in [0.717, 1.165) is 17.5 Å². The first-order chi connectivity index (χ1) is 12.9. The van der Waals surface area contributed by atoms with Crippen LogP contribution in [0.2, 0.25) is 0 Å². The lowest BCUT2D eigenvalue weighted by Gasteiger charge is -2.42. The van der Waals surface area contributed by atoms with Crippen LogP contribution in [0.3, 0.4) is 0 Å². The Balaban J connectivity index is 0.00000280. The van der Waals surface area contributed by atoms with Crippen LogP contribution in [0.15, 0.2) is 42.6 Å². The highest BCUT2D eigenvalue weighted by atomic mass is 16.2. The number of aryl methyl sites for hydroxylation is 1. The molecular formula is C21H28N4O2. The van der Waals surface area contributed by atoms with E-state index in [1.165, 1.54) is 6.20 Å². The van der Waals surface area contributed by atoms with Gasteiger partial charge in [0.1, 0.15) is 5.82 Å². The van der Waals surface area contributed by atoms with Crippen LogP contribution in [0.25, 0.3) is 0 Å². The van der Waals surface area contributed by atoms with Gasteiger partial charge in [-0.25, -0.2) is 4.98 Å². The molecule has 0 bridgehead atoms. The van der Waals surface area contributed by atoms with Gasteiger partial charge in [-0.15, -0.1) is 0 Å². The molecule has 6 nitrogen and oxygen atoms in total. The third kappa shape index (κ3) is 4.10. The number of aromatic nitrogens is 1. The zero-order valence-electron chi connectivity index (χ0n) is 16.0. The number of anilines is 2. The summed E-state index contributed by atoms with van der Waals surface area (Å²) in [5.74, 6) is 0.0523. The molecule has 1 aromatic heterocycles. The molecule has 3 rings (SSSR count). The number of carbonyl (C=O) groups is 2. The molecule has 0 radical (unpaired) electrons. The van der Waals surface area contributed by atoms with Crippen LogP contribution in [0, 0.1) is 18.8 Å². The maximum atomic E-state index is 13.0. The van der Waals surface area contributed by atoms with Crippen LogP contribution in [-0.2, 0) is 9.59 Å². The number of nitrogen functional groups attached to an aromatic ring is 1. The minimum Gasteiger partial charge on any atom is -0.383 e. The van der Waals surface area contributed by atoms with E-state index in [9.17, 15) is 9.59 Å². The topological polar surface area (TPSA) is 88.3 Å². The van der Waals surface area contributed by atoms with Gasteiger partial charge in [-0.1, -0.05) is 44.2 Å². The summed E-state index contributed by atoms with van der Waals surface area (Å²) in [5, 5.41) is 2.66. The van der Waals surface area contributed by atoms with Crippen LogP contribution < -0.4 is 11.1 Å². The number of benzene rings is 1. The van der Waals surface area contributed by atoms with Crippen molar-refractivity contribution in [3.8, 4) is 0 Å². The maximum Gasteiger partial charge on any atom is 0.313 e. The Kier molecular flexibility index (Phi) is 5.44. The van der Waals surface area contributed by atoms with Gasteiger partial charge < -0.3 is 16.0 Å². The Morgan fingerprint density at radius 1 is 1.22 bits per heavy atom. The Morgan fingerprint density at radius 2 is 1.93 bits per heavy atom. The van der Waals surface area contributed by atoms with Crippen LogP contribution in [-0.4, -0.2) is 28.2 Å². The number of nitrogens with zero attached hydrogens (tertiary/aromatic N) is 2. The summed E-state index contributed by atoms with van der Waals surface area (Å²) in [6, 6.07) is 11.5. The third-order valence-corrected chi connectivity index (χ3v) is 5.44. The molecular weight excluding hydrogens is 340 g/mol. The van der Waals surface area contributed by atoms with Crippen molar-refractivity contribution in [2.24, 2.45) is 11.8 Å². The molecule has 3 N–H and O–H groups in total. The van der Waals surface area contributed by atoms with Crippen molar-refractivity contribution in [1.29, 1.82) is 0 Å². The number of hydrogen-bond donors (Lipinski definition) is 2. The number of nitrogens with one attached hydrogen (secondary N) is 1. The highest BCUT2D eigenvalue weighted by molar-refractivity contribution is 6.39. The van der Waals surface area contributed by atoms with E-state index in [-0.39, 0.29) is 7.47 Å². The lowest BCUT2D eigenvalue weighted by molar-refractivity contribution is -0.147. The average molecular weight is 368 g/mol. The first-order valence-electron chi connectivity index (χ1n) is 9.25. The van der Waals surface area contributed by atoms with Crippen LogP contribution >= 0.6 is 0 Å². The van der Waals surface area contributed by atoms with E-state index < -0.39 is 11.8 Å². The van der Waals surface area contributed by atoms with Crippen LogP contribution in [0.1, 0.15) is 38.9 Å². The van der Waals surface area contributed by atoms with Crippen molar-refractivity contribution < 1.29 is 11.0 Å². The predicted octanol–water partition coefficient (Wildman–Crippen LogP) is 3.40. The Morgan fingerprint density at radius 3 is 2.59 bits per heavy atom. The van der Waals surface area contributed by atoms with Gasteiger partial charge in [0.15, 0.2) is 0 Å². The van der Waals surface area contributed by atoms with Crippen LogP contribution in [0.4, 0.5) is 11.5 Å². The second-order valence-electron chi connectivity index (χ2n) is 7.45. The summed E-state index contributed by atoms with van der Waals surface area (Å²) in [6.45, 7) is 6.69. The molecule has 0 aliphatic carbocycles. The van der Waals surface area contributed by atoms with E-state index >= 15 is 0 Å². The molecule has 27 heavy (non-hydrogen) atoms. The van der Waals surface area contributed by atoms with Crippen molar-refractivity contribution in [2.45, 2.75) is 33.2 Å². The molecule has 2 amide bonds. The molecule has 144 valence electrons. The summed E-state index contributed by atoms with van der Waals surface area (Å²) in [4.78, 5) is 31.3. The lowest BCUT2D eigenvalue weighted by atomic mass is 9.82. The monoisotopic (exact) mass is 368 g/mol. The van der Waals surface area contributed by atoms with E-state index in [2.05, 4.69) is 24.1 Å². The lowest BCUT2D eigenvalue weighted by Crippen LogP contribution is -2.48. The van der Waals surface area contributed by atoms with Gasteiger partial charge in [0, 0.05) is 7.97 Å². The maximum absolute atomic E-state index is 13.0. The number of nitrogens with two attached hydrogens (primary N) is 1. The quantitative estimate of drug-likeness (QED) is 0.795. The number of carbonyl (C=O) groups excluding carboxylic acids is 2. The molecule has 6 heteroatoms. The second-order valence-corrected chi connectivity index (χ2v) is 7.45. The van der Waals surface area contributed by atoms with Gasteiger partial charge >= 0.3 is 11.8 Å². The molecule has 0 spiro atoms. The molecule has 3 atom stereocenters. The number of piperidine rings is 1. The number of rotatable bonds is 2. The number of pyridine rings is 1. The Labute approximate surface area is 161 Å². The van der Waals surface area contributed by atoms with Crippen molar-refractivity contribution in [3.05, 3.63) is 53.7 Å². The Bertz CT molecular complexity index is 844. The van der Waals surface area contributed by atoms with Gasteiger partial charge in [0.05, 0.1) is 17.9 Å². The second kappa shape index (κ2) is 7.78. The first kappa shape index (κ1) is 18.9. The van der Waals surface area contributed by atoms with Crippen molar-refractivity contribution >= 4 is 23.3 Å². The number of amides is 2. The highest BCUT2D eigenvalue weighted by Crippen LogP contribution is 2.36.